The second kappa shape index (κ2) is 5.62. The first-order valence-corrected chi connectivity index (χ1v) is 7.50. The van der Waals surface area contributed by atoms with Gasteiger partial charge in [-0.3, -0.25) is 4.57 Å². The summed E-state index contributed by atoms with van der Waals surface area (Å²) < 4.78 is 2.91. The van der Waals surface area contributed by atoms with Gasteiger partial charge >= 0.3 is 5.69 Å². The summed E-state index contributed by atoms with van der Waals surface area (Å²) in [7, 11) is 0. The summed E-state index contributed by atoms with van der Waals surface area (Å²) in [5.74, 6) is 0.209. The van der Waals surface area contributed by atoms with E-state index in [9.17, 15) is 4.79 Å². The van der Waals surface area contributed by atoms with Gasteiger partial charge in [-0.15, -0.1) is 0 Å². The van der Waals surface area contributed by atoms with Crippen molar-refractivity contribution in [2.45, 2.75) is 0 Å². The Morgan fingerprint density at radius 1 is 0.960 bits per heavy atom. The van der Waals surface area contributed by atoms with Crippen LogP contribution in [-0.4, -0.2) is 19.1 Å². The molecule has 4 aromatic rings. The molecule has 7 heteroatoms. The third-order valence-corrected chi connectivity index (χ3v) is 3.90. The first-order chi connectivity index (χ1) is 12.2. The minimum absolute atomic E-state index is 0.209. The van der Waals surface area contributed by atoms with E-state index in [4.69, 9.17) is 11.0 Å². The summed E-state index contributed by atoms with van der Waals surface area (Å²) in [6.07, 6.45) is 1.32. The smallest absolute Gasteiger partial charge is 0.339 e. The Morgan fingerprint density at radius 2 is 1.72 bits per heavy atom. The lowest BCUT2D eigenvalue weighted by Crippen LogP contribution is -2.22. The first-order valence-electron chi connectivity index (χ1n) is 7.50. The van der Waals surface area contributed by atoms with Crippen LogP contribution in [-0.2, 0) is 0 Å². The fourth-order valence-corrected chi connectivity index (χ4v) is 2.81. The average molecular weight is 328 g/mol. The predicted octanol–water partition coefficient (Wildman–Crippen LogP) is 2.03. The molecule has 0 saturated heterocycles. The third kappa shape index (κ3) is 2.24. The second-order valence-corrected chi connectivity index (χ2v) is 5.38. The number of benzene rings is 2. The van der Waals surface area contributed by atoms with Gasteiger partial charge in [-0.05, 0) is 30.3 Å². The number of fused-ring (bicyclic) bond motifs is 1. The number of rotatable bonds is 2. The molecule has 0 aliphatic rings. The Hall–Kier alpha value is -3.92. The van der Waals surface area contributed by atoms with Crippen molar-refractivity contribution in [1.82, 2.24) is 19.1 Å². The van der Waals surface area contributed by atoms with Gasteiger partial charge in [0.25, 0.3) is 0 Å². The fourth-order valence-electron chi connectivity index (χ4n) is 2.81. The summed E-state index contributed by atoms with van der Waals surface area (Å²) in [5.41, 5.74) is 8.18. The number of hydrogen-bond acceptors (Lipinski definition) is 5. The molecule has 0 aliphatic heterocycles. The number of anilines is 1. The van der Waals surface area contributed by atoms with E-state index in [0.29, 0.717) is 28.1 Å². The maximum atomic E-state index is 13.2. The van der Waals surface area contributed by atoms with Crippen LogP contribution in [0.1, 0.15) is 5.56 Å². The summed E-state index contributed by atoms with van der Waals surface area (Å²) >= 11 is 0. The molecule has 120 valence electrons. The molecule has 0 amide bonds. The highest BCUT2D eigenvalue weighted by atomic mass is 16.1. The van der Waals surface area contributed by atoms with E-state index in [1.807, 2.05) is 30.3 Å². The molecule has 2 aromatic carbocycles. The maximum Gasteiger partial charge on any atom is 0.339 e. The number of hydrogen-bond donors (Lipinski definition) is 1. The Morgan fingerprint density at radius 3 is 2.48 bits per heavy atom. The van der Waals surface area contributed by atoms with Gasteiger partial charge in [0, 0.05) is 0 Å². The van der Waals surface area contributed by atoms with Crippen LogP contribution in [0, 0.1) is 11.3 Å². The van der Waals surface area contributed by atoms with Crippen molar-refractivity contribution in [3.63, 3.8) is 0 Å². The number of nitrogens with zero attached hydrogens (tertiary/aromatic N) is 5. The van der Waals surface area contributed by atoms with E-state index >= 15 is 0 Å². The van der Waals surface area contributed by atoms with Gasteiger partial charge in [-0.2, -0.15) is 5.26 Å². The van der Waals surface area contributed by atoms with Crippen molar-refractivity contribution in [3.05, 3.63) is 77.0 Å². The molecular formula is C18H12N6O. The average Bonchev–Trinajstić information content (AvgIpc) is 2.96. The first kappa shape index (κ1) is 14.7. The van der Waals surface area contributed by atoms with Crippen molar-refractivity contribution in [2.75, 3.05) is 5.73 Å². The predicted molar refractivity (Wildman–Crippen MR) is 93.6 cm³/mol. The van der Waals surface area contributed by atoms with Crippen molar-refractivity contribution in [3.8, 4) is 17.4 Å². The fraction of sp³-hybridized carbons (Fsp3) is 0. The van der Waals surface area contributed by atoms with Crippen LogP contribution in [0.2, 0.25) is 0 Å². The van der Waals surface area contributed by atoms with Crippen molar-refractivity contribution in [2.24, 2.45) is 0 Å². The highest BCUT2D eigenvalue weighted by Crippen LogP contribution is 2.22. The highest BCUT2D eigenvalue weighted by Gasteiger charge is 2.19. The van der Waals surface area contributed by atoms with Crippen LogP contribution in [0.15, 0.2) is 65.7 Å². The number of para-hydroxylation sites is 1. The van der Waals surface area contributed by atoms with Crippen LogP contribution in [0.25, 0.3) is 22.5 Å². The molecule has 4 rings (SSSR count). The summed E-state index contributed by atoms with van der Waals surface area (Å²) in [6, 6.07) is 18.0. The van der Waals surface area contributed by atoms with Crippen LogP contribution >= 0.6 is 0 Å². The molecule has 7 nitrogen and oxygen atoms in total. The zero-order valence-corrected chi connectivity index (χ0v) is 13.0. The van der Waals surface area contributed by atoms with Gasteiger partial charge in [0.2, 0.25) is 0 Å². The molecule has 0 atom stereocenters. The standard InChI is InChI=1S/C18H12N6O/c19-10-12-5-4-8-14(9-12)24-17-15(16(20)21-11-22-17)23(18(24)25)13-6-2-1-3-7-13/h1-9,11H,(H2,20,21,22). The van der Waals surface area contributed by atoms with Crippen LogP contribution in [0.4, 0.5) is 5.82 Å². The van der Waals surface area contributed by atoms with Gasteiger partial charge in [0.1, 0.15) is 11.8 Å². The molecule has 0 saturated carbocycles. The number of nitriles is 1. The van der Waals surface area contributed by atoms with Gasteiger partial charge in [0.15, 0.2) is 11.5 Å². The van der Waals surface area contributed by atoms with E-state index < -0.39 is 0 Å². The Bertz CT molecular complexity index is 1180. The Balaban J connectivity index is 2.14. The lowest BCUT2D eigenvalue weighted by Gasteiger charge is -2.03. The van der Waals surface area contributed by atoms with Crippen molar-refractivity contribution >= 4 is 17.0 Å². The minimum atomic E-state index is -0.330. The van der Waals surface area contributed by atoms with E-state index in [1.54, 1.807) is 24.3 Å². The molecule has 0 aliphatic carbocycles. The Labute approximate surface area is 142 Å². The van der Waals surface area contributed by atoms with Crippen LogP contribution in [0.5, 0.6) is 0 Å². The monoisotopic (exact) mass is 328 g/mol. The van der Waals surface area contributed by atoms with Crippen molar-refractivity contribution < 1.29 is 0 Å². The lowest BCUT2D eigenvalue weighted by atomic mass is 10.2. The number of imidazole rings is 1. The maximum absolute atomic E-state index is 13.2. The molecule has 2 aromatic heterocycles. The van der Waals surface area contributed by atoms with Crippen LogP contribution in [0.3, 0.4) is 0 Å². The van der Waals surface area contributed by atoms with E-state index in [1.165, 1.54) is 15.5 Å². The quantitative estimate of drug-likeness (QED) is 0.606. The number of nitrogens with two attached hydrogens (primary N) is 1. The number of nitrogen functional groups attached to an aromatic ring is 1. The van der Waals surface area contributed by atoms with E-state index in [0.717, 1.165) is 0 Å². The van der Waals surface area contributed by atoms with Gasteiger partial charge < -0.3 is 5.73 Å². The molecule has 0 bridgehead atoms. The SMILES string of the molecule is N#Cc1cccc(-n2c(=O)n(-c3ccccc3)c3c(N)ncnc32)c1. The molecule has 0 radical (unpaired) electrons. The van der Waals surface area contributed by atoms with Gasteiger partial charge in [-0.1, -0.05) is 24.3 Å². The third-order valence-electron chi connectivity index (χ3n) is 3.90. The molecule has 0 spiro atoms. The lowest BCUT2D eigenvalue weighted by molar-refractivity contribution is 0.925. The molecule has 0 fully saturated rings. The molecule has 2 N–H and O–H groups in total. The summed E-state index contributed by atoms with van der Waals surface area (Å²) in [4.78, 5) is 21.4. The number of aromatic nitrogens is 4. The highest BCUT2D eigenvalue weighted by molar-refractivity contribution is 5.85. The van der Waals surface area contributed by atoms with Gasteiger partial charge in [0.05, 0.1) is 23.0 Å². The molecular weight excluding hydrogens is 316 g/mol. The minimum Gasteiger partial charge on any atom is -0.382 e. The van der Waals surface area contributed by atoms with E-state index in [-0.39, 0.29) is 11.5 Å². The van der Waals surface area contributed by atoms with E-state index in [2.05, 4.69) is 16.0 Å². The normalized spacial score (nSPS) is 10.7. The zero-order valence-electron chi connectivity index (χ0n) is 13.0. The zero-order chi connectivity index (χ0) is 17.4. The largest absolute Gasteiger partial charge is 0.382 e. The topological polar surface area (TPSA) is 103 Å². The van der Waals surface area contributed by atoms with Crippen LogP contribution < -0.4 is 11.4 Å². The molecule has 2 heterocycles. The van der Waals surface area contributed by atoms with Gasteiger partial charge in [-0.25, -0.2) is 19.3 Å². The molecule has 0 unspecified atom stereocenters. The summed E-state index contributed by atoms with van der Waals surface area (Å²) in [6.45, 7) is 0. The Kier molecular flexibility index (Phi) is 3.29. The van der Waals surface area contributed by atoms with Crippen molar-refractivity contribution in [1.29, 1.82) is 5.26 Å². The summed E-state index contributed by atoms with van der Waals surface area (Å²) in [5, 5.41) is 9.13. The molecule has 25 heavy (non-hydrogen) atoms. The second-order valence-electron chi connectivity index (χ2n) is 5.38.